The van der Waals surface area contributed by atoms with E-state index in [0.717, 1.165) is 18.8 Å². The molecule has 17 heavy (non-hydrogen) atoms. The summed E-state index contributed by atoms with van der Waals surface area (Å²) in [7, 11) is 0. The Morgan fingerprint density at radius 1 is 1.53 bits per heavy atom. The largest absolute Gasteiger partial charge is 0.351 e. The van der Waals surface area contributed by atoms with Crippen molar-refractivity contribution in [1.82, 2.24) is 4.98 Å². The van der Waals surface area contributed by atoms with Crippen LogP contribution in [0.25, 0.3) is 0 Å². The molecule has 1 aromatic rings. The van der Waals surface area contributed by atoms with Gasteiger partial charge >= 0.3 is 0 Å². The number of aliphatic hydroxyl groups excluding tert-OH is 1. The van der Waals surface area contributed by atoms with E-state index in [-0.39, 0.29) is 6.10 Å². The van der Waals surface area contributed by atoms with Crippen LogP contribution >= 0.6 is 11.3 Å². The van der Waals surface area contributed by atoms with Gasteiger partial charge in [0.2, 0.25) is 6.41 Å². The van der Waals surface area contributed by atoms with E-state index in [0.29, 0.717) is 0 Å². The van der Waals surface area contributed by atoms with Gasteiger partial charge < -0.3 is 14.7 Å². The first-order chi connectivity index (χ1) is 8.31. The molecule has 0 aromatic carbocycles. The number of aliphatic hydroxyl groups is 1. The zero-order valence-electron chi connectivity index (χ0n) is 10.2. The molecule has 1 aliphatic rings. The molecule has 0 spiro atoms. The lowest BCUT2D eigenvalue weighted by Crippen LogP contribution is -2.29. The second kappa shape index (κ2) is 6.33. The molecule has 2 rings (SSSR count). The first-order valence-corrected chi connectivity index (χ1v) is 7.24. The van der Waals surface area contributed by atoms with Gasteiger partial charge in [0.25, 0.3) is 0 Å². The quantitative estimate of drug-likeness (QED) is 0.795. The Bertz CT molecular complexity index is 318. The van der Waals surface area contributed by atoms with Gasteiger partial charge in [0.05, 0.1) is 18.2 Å². The van der Waals surface area contributed by atoms with Crippen molar-refractivity contribution < 1.29 is 9.84 Å². The molecule has 0 radical (unpaired) electrons. The molecule has 0 bridgehead atoms. The molecule has 96 valence electrons. The number of thiazole rings is 1. The van der Waals surface area contributed by atoms with Crippen molar-refractivity contribution >= 4 is 17.2 Å². The van der Waals surface area contributed by atoms with E-state index in [1.54, 1.807) is 5.51 Å². The standard InChI is InChI=1S/C12H20N2O2S/c1-2-3-4-5-6-10-7-14(12(15)16-10)11-8-17-9-13-11/h8-10,12,15H,2-7H2,1H3. The van der Waals surface area contributed by atoms with Crippen LogP contribution in [0, 0.1) is 0 Å². The van der Waals surface area contributed by atoms with Crippen molar-refractivity contribution in [2.45, 2.75) is 51.5 Å². The van der Waals surface area contributed by atoms with Gasteiger partial charge in [-0.25, -0.2) is 4.98 Å². The van der Waals surface area contributed by atoms with E-state index in [4.69, 9.17) is 4.74 Å². The van der Waals surface area contributed by atoms with E-state index < -0.39 is 6.41 Å². The number of aromatic nitrogens is 1. The van der Waals surface area contributed by atoms with Crippen LogP contribution < -0.4 is 4.90 Å². The fraction of sp³-hybridized carbons (Fsp3) is 0.750. The molecule has 0 amide bonds. The lowest BCUT2D eigenvalue weighted by molar-refractivity contribution is -0.0903. The van der Waals surface area contributed by atoms with Gasteiger partial charge in [0, 0.05) is 5.38 Å². The molecule has 2 heterocycles. The maximum Gasteiger partial charge on any atom is 0.239 e. The summed E-state index contributed by atoms with van der Waals surface area (Å²) in [4.78, 5) is 6.02. The van der Waals surface area contributed by atoms with Crippen molar-refractivity contribution in [3.8, 4) is 0 Å². The highest BCUT2D eigenvalue weighted by molar-refractivity contribution is 7.07. The third kappa shape index (κ3) is 3.40. The van der Waals surface area contributed by atoms with Crippen molar-refractivity contribution in [3.05, 3.63) is 10.9 Å². The van der Waals surface area contributed by atoms with Gasteiger partial charge in [0.15, 0.2) is 0 Å². The summed E-state index contributed by atoms with van der Waals surface area (Å²) in [6.07, 6.45) is 5.30. The van der Waals surface area contributed by atoms with Crippen LogP contribution in [0.15, 0.2) is 10.9 Å². The highest BCUT2D eigenvalue weighted by atomic mass is 32.1. The number of ether oxygens (including phenoxy) is 1. The van der Waals surface area contributed by atoms with Crippen molar-refractivity contribution in [2.75, 3.05) is 11.4 Å². The lowest BCUT2D eigenvalue weighted by atomic mass is 10.1. The molecular weight excluding hydrogens is 236 g/mol. The lowest BCUT2D eigenvalue weighted by Gasteiger charge is -2.16. The Kier molecular flexibility index (Phi) is 4.76. The van der Waals surface area contributed by atoms with Gasteiger partial charge in [-0.2, -0.15) is 0 Å². The molecule has 4 nitrogen and oxygen atoms in total. The highest BCUT2D eigenvalue weighted by Gasteiger charge is 2.31. The molecule has 5 heteroatoms. The van der Waals surface area contributed by atoms with Crippen LogP contribution in [0.5, 0.6) is 0 Å². The van der Waals surface area contributed by atoms with Gasteiger partial charge in [0.1, 0.15) is 5.82 Å². The molecular formula is C12H20N2O2S. The zero-order chi connectivity index (χ0) is 12.1. The molecule has 0 saturated carbocycles. The number of rotatable bonds is 6. The van der Waals surface area contributed by atoms with E-state index in [1.165, 1.54) is 37.0 Å². The number of unbranched alkanes of at least 4 members (excludes halogenated alkanes) is 3. The van der Waals surface area contributed by atoms with Crippen LogP contribution in [0.2, 0.25) is 0 Å². The summed E-state index contributed by atoms with van der Waals surface area (Å²) in [6.45, 7) is 2.96. The van der Waals surface area contributed by atoms with Gasteiger partial charge in [-0.05, 0) is 6.42 Å². The van der Waals surface area contributed by atoms with Gasteiger partial charge in [-0.1, -0.05) is 32.6 Å². The van der Waals surface area contributed by atoms with E-state index in [1.807, 2.05) is 10.3 Å². The van der Waals surface area contributed by atoms with Crippen molar-refractivity contribution in [1.29, 1.82) is 0 Å². The third-order valence-electron chi connectivity index (χ3n) is 3.07. The fourth-order valence-electron chi connectivity index (χ4n) is 2.11. The minimum Gasteiger partial charge on any atom is -0.351 e. The topological polar surface area (TPSA) is 45.6 Å². The Balaban J connectivity index is 1.77. The van der Waals surface area contributed by atoms with E-state index in [9.17, 15) is 5.11 Å². The summed E-state index contributed by atoms with van der Waals surface area (Å²) in [5.74, 6) is 0.818. The van der Waals surface area contributed by atoms with Crippen LogP contribution in [-0.4, -0.2) is 29.2 Å². The molecule has 0 aliphatic carbocycles. The number of hydrogen-bond acceptors (Lipinski definition) is 5. The maximum absolute atomic E-state index is 9.80. The summed E-state index contributed by atoms with van der Waals surface area (Å²) in [5, 5.41) is 11.7. The maximum atomic E-state index is 9.80. The van der Waals surface area contributed by atoms with Crippen molar-refractivity contribution in [3.63, 3.8) is 0 Å². The number of anilines is 1. The monoisotopic (exact) mass is 256 g/mol. The average molecular weight is 256 g/mol. The molecule has 1 fully saturated rings. The Morgan fingerprint density at radius 2 is 2.41 bits per heavy atom. The normalized spacial score (nSPS) is 24.5. The van der Waals surface area contributed by atoms with Crippen LogP contribution in [0.3, 0.4) is 0 Å². The minimum absolute atomic E-state index is 0.142. The number of nitrogens with zero attached hydrogens (tertiary/aromatic N) is 2. The summed E-state index contributed by atoms with van der Waals surface area (Å²) in [5.41, 5.74) is 1.77. The second-order valence-corrected chi connectivity index (χ2v) is 5.15. The molecule has 1 aliphatic heterocycles. The summed E-state index contributed by atoms with van der Waals surface area (Å²) < 4.78 is 5.52. The average Bonchev–Trinajstić information content (AvgIpc) is 2.93. The first-order valence-electron chi connectivity index (χ1n) is 6.29. The Labute approximate surface area is 106 Å². The second-order valence-electron chi connectivity index (χ2n) is 4.43. The Morgan fingerprint density at radius 3 is 3.12 bits per heavy atom. The number of hydrogen-bond donors (Lipinski definition) is 1. The van der Waals surface area contributed by atoms with E-state index >= 15 is 0 Å². The van der Waals surface area contributed by atoms with Gasteiger partial charge in [-0.15, -0.1) is 11.3 Å². The SMILES string of the molecule is CCCCCCC1CN(c2cscn2)C(O)O1. The van der Waals surface area contributed by atoms with Crippen LogP contribution in [0.1, 0.15) is 39.0 Å². The highest BCUT2D eigenvalue weighted by Crippen LogP contribution is 2.25. The van der Waals surface area contributed by atoms with Crippen LogP contribution in [0.4, 0.5) is 5.82 Å². The predicted molar refractivity (Wildman–Crippen MR) is 69.1 cm³/mol. The molecule has 1 saturated heterocycles. The fourth-order valence-corrected chi connectivity index (χ4v) is 2.66. The predicted octanol–water partition coefficient (Wildman–Crippen LogP) is 2.59. The zero-order valence-corrected chi connectivity index (χ0v) is 11.0. The third-order valence-corrected chi connectivity index (χ3v) is 3.65. The molecule has 2 unspecified atom stereocenters. The summed E-state index contributed by atoms with van der Waals surface area (Å²) in [6, 6.07) is 0. The van der Waals surface area contributed by atoms with Crippen molar-refractivity contribution in [2.24, 2.45) is 0 Å². The van der Waals surface area contributed by atoms with E-state index in [2.05, 4.69) is 11.9 Å². The smallest absolute Gasteiger partial charge is 0.239 e. The summed E-state index contributed by atoms with van der Waals surface area (Å²) >= 11 is 1.53. The molecule has 1 N–H and O–H groups in total. The van der Waals surface area contributed by atoms with Gasteiger partial charge in [-0.3, -0.25) is 0 Å². The molecule has 1 aromatic heterocycles. The van der Waals surface area contributed by atoms with Crippen LogP contribution in [-0.2, 0) is 4.74 Å². The first kappa shape index (κ1) is 12.8. The Hall–Kier alpha value is -0.650. The minimum atomic E-state index is -0.826. The molecule has 2 atom stereocenters.